The minimum atomic E-state index is -0.818. The Morgan fingerprint density at radius 3 is 2.83 bits per heavy atom. The lowest BCUT2D eigenvalue weighted by Gasteiger charge is -2.05. The van der Waals surface area contributed by atoms with Crippen LogP contribution in [0.4, 0.5) is 5.82 Å². The van der Waals surface area contributed by atoms with Gasteiger partial charge in [-0.2, -0.15) is 0 Å². The molecule has 5 nitrogen and oxygen atoms in total. The molecule has 2 aromatic heterocycles. The Kier molecular flexibility index (Phi) is 4.86. The molecule has 2 aromatic rings. The van der Waals surface area contributed by atoms with E-state index in [0.717, 1.165) is 21.6 Å². The van der Waals surface area contributed by atoms with Gasteiger partial charge in [0.15, 0.2) is 0 Å². The minimum Gasteiger partial charge on any atom is -0.481 e. The van der Waals surface area contributed by atoms with Gasteiger partial charge in [0.1, 0.15) is 17.0 Å². The number of nitrogens with one attached hydrogen (secondary N) is 1. The summed E-state index contributed by atoms with van der Waals surface area (Å²) in [6.07, 6.45) is 1.58. The molecule has 0 unspecified atom stereocenters. The van der Waals surface area contributed by atoms with Gasteiger partial charge in [-0.05, 0) is 19.4 Å². The number of aliphatic carboxylic acids is 1. The number of carbonyl (C=O) groups is 1. The number of thiophene rings is 1. The molecule has 0 aromatic carbocycles. The van der Waals surface area contributed by atoms with Crippen LogP contribution in [0.2, 0.25) is 0 Å². The van der Waals surface area contributed by atoms with E-state index in [4.69, 9.17) is 5.11 Å². The number of carboxylic acid groups (broad SMARTS) is 1. The summed E-state index contributed by atoms with van der Waals surface area (Å²) in [5, 5.41) is 12.6. The van der Waals surface area contributed by atoms with Crippen molar-refractivity contribution < 1.29 is 9.90 Å². The third-order valence-electron chi connectivity index (χ3n) is 2.60. The number of hydrogen-bond acceptors (Lipinski definition) is 5. The fraction of sp³-hybridized carbons (Fsp3) is 0.364. The summed E-state index contributed by atoms with van der Waals surface area (Å²) in [5.41, 5.74) is 1.16. The largest absolute Gasteiger partial charge is 0.481 e. The molecule has 2 heterocycles. The lowest BCUT2D eigenvalue weighted by Crippen LogP contribution is -2.09. The van der Waals surface area contributed by atoms with Crippen molar-refractivity contribution in [2.24, 2.45) is 0 Å². The quantitative estimate of drug-likeness (QED) is 0.904. The van der Waals surface area contributed by atoms with Crippen LogP contribution in [-0.4, -0.2) is 27.6 Å². The Morgan fingerprint density at radius 2 is 2.17 bits per heavy atom. The molecule has 18 heavy (non-hydrogen) atoms. The Bertz CT molecular complexity index is 571. The second-order valence-electron chi connectivity index (χ2n) is 3.76. The van der Waals surface area contributed by atoms with Crippen LogP contribution in [0.15, 0.2) is 6.33 Å². The number of hydrogen-bond donors (Lipinski definition) is 2. The van der Waals surface area contributed by atoms with Gasteiger partial charge in [-0.3, -0.25) is 4.79 Å². The van der Waals surface area contributed by atoms with Crippen molar-refractivity contribution in [3.05, 3.63) is 16.8 Å². The third-order valence-corrected chi connectivity index (χ3v) is 3.71. The van der Waals surface area contributed by atoms with Crippen LogP contribution in [0.5, 0.6) is 0 Å². The molecule has 2 N–H and O–H groups in total. The number of aryl methyl sites for hydroxylation is 2. The Labute approximate surface area is 115 Å². The van der Waals surface area contributed by atoms with E-state index in [0.29, 0.717) is 6.54 Å². The molecule has 0 aliphatic heterocycles. The average molecular weight is 288 g/mol. The predicted octanol–water partition coefficient (Wildman–Crippen LogP) is 2.62. The second-order valence-corrected chi connectivity index (χ2v) is 4.96. The number of nitrogens with zero attached hydrogens (tertiary/aromatic N) is 2. The van der Waals surface area contributed by atoms with E-state index in [1.54, 1.807) is 11.3 Å². The van der Waals surface area contributed by atoms with Crippen LogP contribution in [0, 0.1) is 13.8 Å². The van der Waals surface area contributed by atoms with E-state index in [1.165, 1.54) is 11.2 Å². The number of fused-ring (bicyclic) bond motifs is 1. The highest BCUT2D eigenvalue weighted by molar-refractivity contribution is 7.18. The lowest BCUT2D eigenvalue weighted by molar-refractivity contribution is -0.136. The van der Waals surface area contributed by atoms with Gasteiger partial charge in [-0.25, -0.2) is 9.97 Å². The van der Waals surface area contributed by atoms with Crippen molar-refractivity contribution >= 4 is 45.7 Å². The summed E-state index contributed by atoms with van der Waals surface area (Å²) in [7, 11) is 0. The van der Waals surface area contributed by atoms with Crippen molar-refractivity contribution in [2.75, 3.05) is 11.9 Å². The first-order chi connectivity index (χ1) is 8.09. The van der Waals surface area contributed by atoms with Gasteiger partial charge in [0.2, 0.25) is 0 Å². The molecule has 0 saturated carbocycles. The first-order valence-electron chi connectivity index (χ1n) is 5.26. The number of rotatable bonds is 4. The maximum Gasteiger partial charge on any atom is 0.305 e. The average Bonchev–Trinajstić information content (AvgIpc) is 2.55. The summed E-state index contributed by atoms with van der Waals surface area (Å²) in [5.74, 6) is -0.0980. The van der Waals surface area contributed by atoms with Gasteiger partial charge in [-0.15, -0.1) is 23.7 Å². The van der Waals surface area contributed by atoms with Crippen LogP contribution in [0.1, 0.15) is 16.9 Å². The first kappa shape index (κ1) is 14.7. The monoisotopic (exact) mass is 287 g/mol. The third kappa shape index (κ3) is 2.88. The van der Waals surface area contributed by atoms with E-state index in [1.807, 2.05) is 13.8 Å². The summed E-state index contributed by atoms with van der Waals surface area (Å²) < 4.78 is 0. The number of halogens is 1. The van der Waals surface area contributed by atoms with Crippen LogP contribution in [0.25, 0.3) is 10.2 Å². The molecule has 0 radical (unpaired) electrons. The highest BCUT2D eigenvalue weighted by Crippen LogP contribution is 2.32. The Morgan fingerprint density at radius 1 is 1.44 bits per heavy atom. The van der Waals surface area contributed by atoms with Gasteiger partial charge >= 0.3 is 5.97 Å². The zero-order chi connectivity index (χ0) is 12.4. The van der Waals surface area contributed by atoms with Crippen molar-refractivity contribution in [3.63, 3.8) is 0 Å². The Balaban J connectivity index is 0.00000162. The van der Waals surface area contributed by atoms with Gasteiger partial charge in [0.05, 0.1) is 11.8 Å². The smallest absolute Gasteiger partial charge is 0.305 e. The first-order valence-corrected chi connectivity index (χ1v) is 6.07. The molecule has 0 fully saturated rings. The summed E-state index contributed by atoms with van der Waals surface area (Å²) >= 11 is 1.63. The fourth-order valence-corrected chi connectivity index (χ4v) is 2.60. The molecule has 0 amide bonds. The molecular formula is C11H14ClN3O2S. The van der Waals surface area contributed by atoms with E-state index in [2.05, 4.69) is 15.3 Å². The van der Waals surface area contributed by atoms with Crippen molar-refractivity contribution in [3.8, 4) is 0 Å². The van der Waals surface area contributed by atoms with Crippen LogP contribution < -0.4 is 5.32 Å². The fourth-order valence-electron chi connectivity index (χ4n) is 1.60. The van der Waals surface area contributed by atoms with Crippen LogP contribution >= 0.6 is 23.7 Å². The highest BCUT2D eigenvalue weighted by atomic mass is 35.5. The molecule has 0 atom stereocenters. The van der Waals surface area contributed by atoms with E-state index in [-0.39, 0.29) is 18.8 Å². The summed E-state index contributed by atoms with van der Waals surface area (Å²) in [6, 6.07) is 0. The van der Waals surface area contributed by atoms with Gasteiger partial charge in [-0.1, -0.05) is 0 Å². The molecule has 0 saturated heterocycles. The van der Waals surface area contributed by atoms with Crippen molar-refractivity contribution in [2.45, 2.75) is 20.3 Å². The van der Waals surface area contributed by atoms with Gasteiger partial charge in [0, 0.05) is 11.4 Å². The molecule has 0 aliphatic rings. The standard InChI is InChI=1S/C11H13N3O2S.ClH/c1-6-7(2)17-11-9(6)10(13-5-14-11)12-4-3-8(15)16;/h5H,3-4H2,1-2H3,(H,15,16)(H,12,13,14);1H. The lowest BCUT2D eigenvalue weighted by atomic mass is 10.2. The molecular weight excluding hydrogens is 274 g/mol. The second kappa shape index (κ2) is 5.97. The molecule has 7 heteroatoms. The topological polar surface area (TPSA) is 75.1 Å². The maximum absolute atomic E-state index is 10.5. The van der Waals surface area contributed by atoms with E-state index in [9.17, 15) is 4.79 Å². The van der Waals surface area contributed by atoms with E-state index >= 15 is 0 Å². The van der Waals surface area contributed by atoms with Crippen molar-refractivity contribution in [1.29, 1.82) is 0 Å². The predicted molar refractivity (Wildman–Crippen MR) is 74.9 cm³/mol. The van der Waals surface area contributed by atoms with Crippen LogP contribution in [-0.2, 0) is 4.79 Å². The number of anilines is 1. The van der Waals surface area contributed by atoms with Gasteiger partial charge in [0.25, 0.3) is 0 Å². The highest BCUT2D eigenvalue weighted by Gasteiger charge is 2.11. The zero-order valence-corrected chi connectivity index (χ0v) is 11.7. The molecule has 98 valence electrons. The Hall–Kier alpha value is -1.40. The molecule has 0 aliphatic carbocycles. The summed E-state index contributed by atoms with van der Waals surface area (Å²) in [4.78, 5) is 21.0. The number of carboxylic acids is 1. The zero-order valence-electron chi connectivity index (χ0n) is 10.1. The minimum absolute atomic E-state index is 0. The molecule has 0 bridgehead atoms. The van der Waals surface area contributed by atoms with Crippen molar-refractivity contribution in [1.82, 2.24) is 9.97 Å². The summed E-state index contributed by atoms with van der Waals surface area (Å²) in [6.45, 7) is 4.44. The SMILES string of the molecule is Cc1sc2ncnc(NCCC(=O)O)c2c1C.Cl. The normalized spacial score (nSPS) is 10.1. The van der Waals surface area contributed by atoms with E-state index < -0.39 is 5.97 Å². The molecule has 0 spiro atoms. The van der Waals surface area contributed by atoms with Crippen LogP contribution in [0.3, 0.4) is 0 Å². The molecule has 2 rings (SSSR count). The number of aromatic nitrogens is 2. The van der Waals surface area contributed by atoms with Gasteiger partial charge < -0.3 is 10.4 Å². The maximum atomic E-state index is 10.5.